The van der Waals surface area contributed by atoms with Crippen LogP contribution in [0.1, 0.15) is 46.4 Å². The summed E-state index contributed by atoms with van der Waals surface area (Å²) in [5.74, 6) is -2.67. The van der Waals surface area contributed by atoms with E-state index in [1.165, 1.54) is 21.6 Å². The minimum atomic E-state index is -0.811. The predicted molar refractivity (Wildman–Crippen MR) is 137 cm³/mol. The van der Waals surface area contributed by atoms with Crippen LogP contribution in [0.15, 0.2) is 58.3 Å². The molecule has 0 spiro atoms. The van der Waals surface area contributed by atoms with Crippen LogP contribution in [0.2, 0.25) is 0 Å². The Hall–Kier alpha value is -2.98. The maximum Gasteiger partial charge on any atom is 0.306 e. The quantitative estimate of drug-likeness (QED) is 0.510. The van der Waals surface area contributed by atoms with Crippen molar-refractivity contribution >= 4 is 45.3 Å². The third-order valence-electron chi connectivity index (χ3n) is 6.72. The van der Waals surface area contributed by atoms with Crippen LogP contribution in [0.4, 0.5) is 0 Å². The molecule has 2 aliphatic rings. The molecule has 2 saturated heterocycles. The molecule has 0 unspecified atom stereocenters. The molecule has 0 aromatic heterocycles. The largest absolute Gasteiger partial charge is 0.481 e. The van der Waals surface area contributed by atoms with Crippen LogP contribution in [0.3, 0.4) is 0 Å². The van der Waals surface area contributed by atoms with Crippen LogP contribution in [0, 0.1) is 11.8 Å². The van der Waals surface area contributed by atoms with Gasteiger partial charge in [0.25, 0.3) is 11.8 Å². The van der Waals surface area contributed by atoms with Crippen LogP contribution in [-0.2, 0) is 9.59 Å². The van der Waals surface area contributed by atoms with Gasteiger partial charge in [0.2, 0.25) is 0 Å². The van der Waals surface area contributed by atoms with Gasteiger partial charge in [0.15, 0.2) is 0 Å². The van der Waals surface area contributed by atoms with Crippen molar-refractivity contribution in [1.82, 2.24) is 9.80 Å². The Morgan fingerprint density at radius 2 is 0.944 bits per heavy atom. The van der Waals surface area contributed by atoms with Gasteiger partial charge in [-0.05, 0) is 49.9 Å². The van der Waals surface area contributed by atoms with Gasteiger partial charge in [-0.2, -0.15) is 0 Å². The molecule has 2 N–H and O–H groups in total. The standard InChI is InChI=1S/C26H28N2O6S2/c29-23(27-13-9-17(10-14-27)25(31)32)19-5-1-3-7-21(19)35-36-22-8-4-2-6-20(22)24(30)28-15-11-18(12-16-28)26(33)34/h1-8,17-18H,9-16H2,(H,31,32)(H,33,34). The SMILES string of the molecule is O=C(O)C1CCN(C(=O)c2ccccc2SSc2ccccc2C(=O)N2CCC(C(=O)O)CC2)CC1. The van der Waals surface area contributed by atoms with Crippen molar-refractivity contribution in [3.8, 4) is 0 Å². The lowest BCUT2D eigenvalue weighted by atomic mass is 9.96. The van der Waals surface area contributed by atoms with Gasteiger partial charge in [-0.25, -0.2) is 0 Å². The highest BCUT2D eigenvalue weighted by Crippen LogP contribution is 2.41. The number of carboxylic acid groups (broad SMARTS) is 2. The van der Waals surface area contributed by atoms with E-state index in [4.69, 9.17) is 0 Å². The normalized spacial score (nSPS) is 17.1. The molecule has 190 valence electrons. The van der Waals surface area contributed by atoms with Crippen LogP contribution in [0.5, 0.6) is 0 Å². The van der Waals surface area contributed by atoms with E-state index in [0.717, 1.165) is 9.79 Å². The third-order valence-corrected chi connectivity index (χ3v) is 9.20. The predicted octanol–water partition coefficient (Wildman–Crippen LogP) is 4.36. The number of hydrogen-bond acceptors (Lipinski definition) is 6. The van der Waals surface area contributed by atoms with Gasteiger partial charge in [0.05, 0.1) is 23.0 Å². The molecule has 0 saturated carbocycles. The highest BCUT2D eigenvalue weighted by molar-refractivity contribution is 8.76. The fourth-order valence-electron chi connectivity index (χ4n) is 4.52. The topological polar surface area (TPSA) is 115 Å². The number of carbonyl (C=O) groups excluding carboxylic acids is 2. The Morgan fingerprint density at radius 3 is 1.28 bits per heavy atom. The summed E-state index contributed by atoms with van der Waals surface area (Å²) in [5.41, 5.74) is 1.12. The van der Waals surface area contributed by atoms with Crippen LogP contribution >= 0.6 is 21.6 Å². The van der Waals surface area contributed by atoms with E-state index < -0.39 is 23.8 Å². The third kappa shape index (κ3) is 6.04. The minimum absolute atomic E-state index is 0.117. The number of carboxylic acids is 2. The molecule has 2 fully saturated rings. The molecule has 2 aliphatic heterocycles. The molecule has 2 amide bonds. The maximum atomic E-state index is 13.2. The Morgan fingerprint density at radius 1 is 0.611 bits per heavy atom. The summed E-state index contributed by atoms with van der Waals surface area (Å²) in [6.45, 7) is 1.66. The highest BCUT2D eigenvalue weighted by Gasteiger charge is 2.30. The Balaban J connectivity index is 1.43. The first-order chi connectivity index (χ1) is 17.3. The molecule has 2 heterocycles. The van der Waals surface area contributed by atoms with Crippen LogP contribution < -0.4 is 0 Å². The molecule has 0 bridgehead atoms. The molecule has 2 aromatic carbocycles. The van der Waals surface area contributed by atoms with Crippen molar-refractivity contribution in [3.63, 3.8) is 0 Å². The van der Waals surface area contributed by atoms with Gasteiger partial charge in [-0.1, -0.05) is 45.9 Å². The van der Waals surface area contributed by atoms with E-state index in [9.17, 15) is 29.4 Å². The van der Waals surface area contributed by atoms with Crippen molar-refractivity contribution in [2.45, 2.75) is 35.5 Å². The lowest BCUT2D eigenvalue weighted by Gasteiger charge is -2.31. The number of piperidine rings is 2. The van der Waals surface area contributed by atoms with Gasteiger partial charge in [0, 0.05) is 36.0 Å². The van der Waals surface area contributed by atoms with Crippen molar-refractivity contribution in [1.29, 1.82) is 0 Å². The summed E-state index contributed by atoms with van der Waals surface area (Å²) in [7, 11) is 2.81. The summed E-state index contributed by atoms with van der Waals surface area (Å²) in [4.78, 5) is 53.9. The summed E-state index contributed by atoms with van der Waals surface area (Å²) < 4.78 is 0. The molecule has 36 heavy (non-hydrogen) atoms. The molecule has 4 rings (SSSR count). The number of benzene rings is 2. The molecule has 0 atom stereocenters. The average molecular weight is 529 g/mol. The number of amides is 2. The van der Waals surface area contributed by atoms with Gasteiger partial charge >= 0.3 is 11.9 Å². The fraction of sp³-hybridized carbons (Fsp3) is 0.385. The van der Waals surface area contributed by atoms with Gasteiger partial charge in [0.1, 0.15) is 0 Å². The molecular weight excluding hydrogens is 500 g/mol. The van der Waals surface area contributed by atoms with Gasteiger partial charge < -0.3 is 20.0 Å². The summed E-state index contributed by atoms with van der Waals surface area (Å²) in [6.07, 6.45) is 1.79. The zero-order valence-corrected chi connectivity index (χ0v) is 21.3. The number of hydrogen-bond donors (Lipinski definition) is 2. The van der Waals surface area contributed by atoms with Gasteiger partial charge in [-0.15, -0.1) is 0 Å². The summed E-state index contributed by atoms with van der Waals surface area (Å²) >= 11 is 0. The number of rotatable bonds is 7. The summed E-state index contributed by atoms with van der Waals surface area (Å²) in [5, 5.41) is 18.4. The van der Waals surface area contributed by atoms with E-state index in [1.807, 2.05) is 36.4 Å². The van der Waals surface area contributed by atoms with Crippen molar-refractivity contribution < 1.29 is 29.4 Å². The average Bonchev–Trinajstić information content (AvgIpc) is 2.91. The van der Waals surface area contributed by atoms with E-state index >= 15 is 0 Å². The van der Waals surface area contributed by atoms with Crippen molar-refractivity contribution in [3.05, 3.63) is 59.7 Å². The van der Waals surface area contributed by atoms with Crippen LogP contribution in [0.25, 0.3) is 0 Å². The van der Waals surface area contributed by atoms with E-state index in [-0.39, 0.29) is 11.8 Å². The van der Waals surface area contributed by atoms with E-state index in [1.54, 1.807) is 21.9 Å². The number of nitrogens with zero attached hydrogens (tertiary/aromatic N) is 2. The molecule has 0 aliphatic carbocycles. The summed E-state index contributed by atoms with van der Waals surface area (Å²) in [6, 6.07) is 14.6. The minimum Gasteiger partial charge on any atom is -0.481 e. The lowest BCUT2D eigenvalue weighted by Crippen LogP contribution is -2.40. The molecular formula is C26H28N2O6S2. The number of likely N-dealkylation sites (tertiary alicyclic amines) is 2. The molecule has 0 radical (unpaired) electrons. The molecule has 10 heteroatoms. The Kier molecular flexibility index (Phi) is 8.58. The monoisotopic (exact) mass is 528 g/mol. The van der Waals surface area contributed by atoms with Crippen LogP contribution in [-0.4, -0.2) is 69.9 Å². The van der Waals surface area contributed by atoms with E-state index in [2.05, 4.69) is 0 Å². The first-order valence-electron chi connectivity index (χ1n) is 11.9. The van der Waals surface area contributed by atoms with Gasteiger partial charge in [-0.3, -0.25) is 19.2 Å². The van der Waals surface area contributed by atoms with E-state index in [0.29, 0.717) is 63.0 Å². The first-order valence-corrected chi connectivity index (χ1v) is 14.1. The first kappa shape index (κ1) is 26.1. The Bertz CT molecular complexity index is 1050. The van der Waals surface area contributed by atoms with Crippen molar-refractivity contribution in [2.75, 3.05) is 26.2 Å². The fourth-order valence-corrected chi connectivity index (χ4v) is 6.87. The number of carbonyl (C=O) groups is 4. The number of aliphatic carboxylic acids is 2. The second-order valence-electron chi connectivity index (χ2n) is 8.97. The highest BCUT2D eigenvalue weighted by atomic mass is 33.1. The van der Waals surface area contributed by atoms with Crippen molar-refractivity contribution in [2.24, 2.45) is 11.8 Å². The zero-order valence-electron chi connectivity index (χ0n) is 19.7. The molecule has 8 nitrogen and oxygen atoms in total. The lowest BCUT2D eigenvalue weighted by molar-refractivity contribution is -0.144. The smallest absolute Gasteiger partial charge is 0.306 e. The molecule has 2 aromatic rings. The Labute approximate surface area is 217 Å². The zero-order chi connectivity index (χ0) is 25.7. The second kappa shape index (κ2) is 11.8. The second-order valence-corrected chi connectivity index (χ2v) is 11.2. The maximum absolute atomic E-state index is 13.2.